The maximum absolute atomic E-state index is 12.3. The van der Waals surface area contributed by atoms with E-state index in [-0.39, 0.29) is 36.1 Å². The number of carbonyl (C=O) groups excluding carboxylic acids is 1. The van der Waals surface area contributed by atoms with Gasteiger partial charge in [0.25, 0.3) is 0 Å². The van der Waals surface area contributed by atoms with E-state index in [2.05, 4.69) is 0 Å². The lowest BCUT2D eigenvalue weighted by atomic mass is 9.80. The van der Waals surface area contributed by atoms with Crippen LogP contribution in [0.25, 0.3) is 0 Å². The first-order valence-corrected chi connectivity index (χ1v) is 6.27. The fourth-order valence-electron chi connectivity index (χ4n) is 4.64. The van der Waals surface area contributed by atoms with Gasteiger partial charge >= 0.3 is 0 Å². The second-order valence-electron chi connectivity index (χ2n) is 5.99. The van der Waals surface area contributed by atoms with Crippen LogP contribution in [-0.2, 0) is 9.53 Å². The molecule has 1 amide bonds. The van der Waals surface area contributed by atoms with Crippen molar-refractivity contribution in [1.29, 1.82) is 0 Å². The van der Waals surface area contributed by atoms with Crippen molar-refractivity contribution in [3.05, 3.63) is 0 Å². The number of carbonyl (C=O) groups is 1. The van der Waals surface area contributed by atoms with Crippen LogP contribution in [0.1, 0.15) is 20.3 Å². The predicted octanol–water partition coefficient (Wildman–Crippen LogP) is 0.205. The molecule has 4 heteroatoms. The van der Waals surface area contributed by atoms with Gasteiger partial charge in [0, 0.05) is 12.0 Å². The lowest BCUT2D eigenvalue weighted by Gasteiger charge is -2.32. The highest BCUT2D eigenvalue weighted by Gasteiger charge is 2.72. The second kappa shape index (κ2) is 2.62. The third kappa shape index (κ3) is 0.778. The van der Waals surface area contributed by atoms with Gasteiger partial charge in [-0.3, -0.25) is 4.79 Å². The van der Waals surface area contributed by atoms with Gasteiger partial charge in [-0.25, -0.2) is 0 Å². The first kappa shape index (κ1) is 9.42. The van der Waals surface area contributed by atoms with E-state index in [9.17, 15) is 9.90 Å². The monoisotopic (exact) mass is 223 g/mol. The van der Waals surface area contributed by atoms with Crippen molar-refractivity contribution in [2.75, 3.05) is 0 Å². The molecule has 16 heavy (non-hydrogen) atoms. The zero-order valence-electron chi connectivity index (χ0n) is 9.54. The number of fused-ring (bicyclic) bond motifs is 2. The molecule has 7 atom stereocenters. The third-order valence-electron chi connectivity index (χ3n) is 5.11. The average molecular weight is 223 g/mol. The summed E-state index contributed by atoms with van der Waals surface area (Å²) >= 11 is 0. The van der Waals surface area contributed by atoms with Crippen LogP contribution in [0.5, 0.6) is 0 Å². The summed E-state index contributed by atoms with van der Waals surface area (Å²) in [6, 6.07) is 0.207. The first-order valence-electron chi connectivity index (χ1n) is 6.27. The second-order valence-corrected chi connectivity index (χ2v) is 5.99. The lowest BCUT2D eigenvalue weighted by molar-refractivity contribution is -0.154. The van der Waals surface area contributed by atoms with Crippen LogP contribution in [0.3, 0.4) is 0 Å². The van der Waals surface area contributed by atoms with Crippen molar-refractivity contribution < 1.29 is 14.6 Å². The van der Waals surface area contributed by atoms with Crippen LogP contribution in [0.4, 0.5) is 0 Å². The number of aliphatic hydroxyl groups excluding tert-OH is 1. The van der Waals surface area contributed by atoms with Crippen molar-refractivity contribution in [3.8, 4) is 0 Å². The SMILES string of the molecule is CC(C)N1C(=O)C2C3CC4C(OC1C42)C3O. The van der Waals surface area contributed by atoms with Gasteiger partial charge in [-0.15, -0.1) is 0 Å². The number of nitrogens with zero attached hydrogens (tertiary/aromatic N) is 1. The summed E-state index contributed by atoms with van der Waals surface area (Å²) < 4.78 is 5.94. The summed E-state index contributed by atoms with van der Waals surface area (Å²) in [6.07, 6.45) is 0.560. The van der Waals surface area contributed by atoms with Gasteiger partial charge in [0.05, 0.1) is 18.1 Å². The molecule has 2 saturated heterocycles. The molecule has 2 bridgehead atoms. The quantitative estimate of drug-likeness (QED) is 0.691. The van der Waals surface area contributed by atoms with E-state index in [1.54, 1.807) is 0 Å². The minimum atomic E-state index is -0.394. The largest absolute Gasteiger partial charge is 0.390 e. The van der Waals surface area contributed by atoms with Crippen LogP contribution in [0.15, 0.2) is 0 Å². The normalized spacial score (nSPS) is 57.1. The molecule has 88 valence electrons. The molecule has 0 radical (unpaired) electrons. The van der Waals surface area contributed by atoms with Crippen molar-refractivity contribution in [3.63, 3.8) is 0 Å². The molecule has 0 aromatic carbocycles. The Morgan fingerprint density at radius 2 is 2.19 bits per heavy atom. The van der Waals surface area contributed by atoms with E-state index in [0.29, 0.717) is 11.8 Å². The minimum Gasteiger partial charge on any atom is -0.390 e. The molecule has 2 heterocycles. The van der Waals surface area contributed by atoms with E-state index in [1.165, 1.54) is 0 Å². The Balaban J connectivity index is 1.80. The number of hydrogen-bond acceptors (Lipinski definition) is 3. The molecule has 4 rings (SSSR count). The molecule has 0 aromatic rings. The fourth-order valence-corrected chi connectivity index (χ4v) is 4.64. The van der Waals surface area contributed by atoms with Gasteiger partial charge < -0.3 is 14.7 Å². The maximum Gasteiger partial charge on any atom is 0.228 e. The fraction of sp³-hybridized carbons (Fsp3) is 0.917. The summed E-state index contributed by atoms with van der Waals surface area (Å²) in [6.45, 7) is 4.08. The smallest absolute Gasteiger partial charge is 0.228 e. The number of rotatable bonds is 1. The van der Waals surface area contributed by atoms with E-state index in [0.717, 1.165) is 6.42 Å². The van der Waals surface area contributed by atoms with Crippen molar-refractivity contribution >= 4 is 5.91 Å². The molecule has 2 aliphatic carbocycles. The highest BCUT2D eigenvalue weighted by atomic mass is 16.5. The Morgan fingerprint density at radius 3 is 2.88 bits per heavy atom. The molecule has 4 fully saturated rings. The van der Waals surface area contributed by atoms with E-state index in [1.807, 2.05) is 18.7 Å². The number of hydrogen-bond donors (Lipinski definition) is 1. The van der Waals surface area contributed by atoms with Gasteiger partial charge in [-0.05, 0) is 32.1 Å². The summed E-state index contributed by atoms with van der Waals surface area (Å²) in [5.41, 5.74) is 0. The lowest BCUT2D eigenvalue weighted by Crippen LogP contribution is -2.46. The van der Waals surface area contributed by atoms with Crippen LogP contribution in [0.2, 0.25) is 0 Å². The topological polar surface area (TPSA) is 49.8 Å². The van der Waals surface area contributed by atoms with Gasteiger partial charge in [-0.2, -0.15) is 0 Å². The zero-order valence-corrected chi connectivity index (χ0v) is 9.54. The highest BCUT2D eigenvalue weighted by molar-refractivity contribution is 5.83. The summed E-state index contributed by atoms with van der Waals surface area (Å²) in [5, 5.41) is 10.1. The van der Waals surface area contributed by atoms with Crippen molar-refractivity contribution in [2.24, 2.45) is 23.7 Å². The molecule has 0 aromatic heterocycles. The number of ether oxygens (including phenoxy) is 1. The van der Waals surface area contributed by atoms with Gasteiger partial charge in [0.1, 0.15) is 6.23 Å². The summed E-state index contributed by atoms with van der Waals surface area (Å²) in [4.78, 5) is 14.2. The molecule has 4 aliphatic rings. The summed E-state index contributed by atoms with van der Waals surface area (Å²) in [7, 11) is 0. The average Bonchev–Trinajstić information content (AvgIpc) is 2.83. The number of amides is 1. The van der Waals surface area contributed by atoms with Crippen LogP contribution in [0, 0.1) is 23.7 Å². The Kier molecular flexibility index (Phi) is 1.54. The molecule has 2 aliphatic heterocycles. The Morgan fingerprint density at radius 1 is 1.44 bits per heavy atom. The van der Waals surface area contributed by atoms with Crippen LogP contribution < -0.4 is 0 Å². The van der Waals surface area contributed by atoms with E-state index >= 15 is 0 Å². The molecule has 2 saturated carbocycles. The highest BCUT2D eigenvalue weighted by Crippen LogP contribution is 2.63. The van der Waals surface area contributed by atoms with Gasteiger partial charge in [0.2, 0.25) is 5.91 Å². The molecule has 0 spiro atoms. The third-order valence-corrected chi connectivity index (χ3v) is 5.11. The molecule has 7 unspecified atom stereocenters. The van der Waals surface area contributed by atoms with Gasteiger partial charge in [0.15, 0.2) is 0 Å². The van der Waals surface area contributed by atoms with E-state index in [4.69, 9.17) is 4.74 Å². The molecule has 1 N–H and O–H groups in total. The molecular weight excluding hydrogens is 206 g/mol. The molecular formula is C12H17NO3. The predicted molar refractivity (Wildman–Crippen MR) is 55.2 cm³/mol. The summed E-state index contributed by atoms with van der Waals surface area (Å²) in [5.74, 6) is 1.23. The standard InChI is InChI=1S/C12H17NO3/c1-4(2)13-11(15)7-5-3-6-8(7)12(13)16-10(6)9(5)14/h4-10,12,14H,3H2,1-2H3. The Labute approximate surface area is 94.6 Å². The van der Waals surface area contributed by atoms with Crippen molar-refractivity contribution in [2.45, 2.75) is 44.7 Å². The van der Waals surface area contributed by atoms with Crippen LogP contribution in [-0.4, -0.2) is 40.4 Å². The Hall–Kier alpha value is -0.610. The maximum atomic E-state index is 12.3. The van der Waals surface area contributed by atoms with E-state index < -0.39 is 6.10 Å². The zero-order chi connectivity index (χ0) is 11.2. The first-order chi connectivity index (χ1) is 7.61. The number of likely N-dealkylation sites (tertiary alicyclic amines) is 1. The number of aliphatic hydroxyl groups is 1. The Bertz CT molecular complexity index is 369. The molecule has 4 nitrogen and oxygen atoms in total. The minimum absolute atomic E-state index is 0.00519. The van der Waals surface area contributed by atoms with Gasteiger partial charge in [-0.1, -0.05) is 0 Å². The van der Waals surface area contributed by atoms with Crippen LogP contribution >= 0.6 is 0 Å². The van der Waals surface area contributed by atoms with Crippen molar-refractivity contribution in [1.82, 2.24) is 4.90 Å².